The summed E-state index contributed by atoms with van der Waals surface area (Å²) < 4.78 is 21.6. The summed E-state index contributed by atoms with van der Waals surface area (Å²) in [6.45, 7) is -0.0826. The molecule has 56 heavy (non-hydrogen) atoms. The van der Waals surface area contributed by atoms with Gasteiger partial charge in [0.25, 0.3) is 11.1 Å². The number of aromatic amines is 2. The van der Waals surface area contributed by atoms with Gasteiger partial charge in [0.05, 0.1) is 36.9 Å². The van der Waals surface area contributed by atoms with Crippen LogP contribution in [0.5, 0.6) is 0 Å². The van der Waals surface area contributed by atoms with Gasteiger partial charge < -0.3 is 36.3 Å². The summed E-state index contributed by atoms with van der Waals surface area (Å²) >= 11 is 1.78. The SMILES string of the molecule is N=NC(C=NC1CC(n2cnc3c(=O)[nH]c(N)nc32)OC1COC(=O)CCCC=CC1SCC2NC(=O)NC21)CC1CCC(n2cnc3c(=O)[nH]c(N)nc32)O1. The van der Waals surface area contributed by atoms with Gasteiger partial charge in [0, 0.05) is 36.5 Å². The third-order valence-electron chi connectivity index (χ3n) is 10.3. The summed E-state index contributed by atoms with van der Waals surface area (Å²) in [7, 11) is 0. The molecule has 0 spiro atoms. The van der Waals surface area contributed by atoms with Crippen molar-refractivity contribution < 1.29 is 23.8 Å². The molecule has 23 heteroatoms. The van der Waals surface area contributed by atoms with E-state index in [-0.39, 0.29) is 77.0 Å². The molecule has 9 unspecified atom stereocenters. The van der Waals surface area contributed by atoms with Crippen LogP contribution in [0.4, 0.5) is 16.7 Å². The quantitative estimate of drug-likeness (QED) is 0.0235. The molecule has 8 rings (SSSR count). The van der Waals surface area contributed by atoms with Gasteiger partial charge >= 0.3 is 12.0 Å². The standard InChI is InChI=1S/C33H41N15O7S/c34-31-42-27-25(29(50)44-31)38-13-47(27)21-7-6-16(54-21)8-15(46-36)10-37-17-9-22(48-14-39-26-28(48)43-32(35)45-30(26)51)55-19(17)11-53-23(49)5-3-1-2-4-20-24-18(12-56-20)40-33(52)41-24/h2,4,10,13-22,24,36H,1,3,5-9,11-12H2,(H2,40,41,52)(H3,34,42,44,50)(H3,35,43,45,51). The molecule has 4 fully saturated rings. The molecule has 4 aromatic rings. The highest BCUT2D eigenvalue weighted by molar-refractivity contribution is 8.00. The lowest BCUT2D eigenvalue weighted by atomic mass is 10.1. The number of fused-ring (bicyclic) bond motifs is 3. The number of carbonyl (C=O) groups is 2. The minimum Gasteiger partial charge on any atom is -0.463 e. The number of imidazole rings is 2. The molecule has 9 atom stereocenters. The van der Waals surface area contributed by atoms with E-state index in [2.05, 4.69) is 51.7 Å². The maximum absolute atomic E-state index is 12.8. The normalized spacial score (nSPS) is 28.0. The van der Waals surface area contributed by atoms with E-state index in [4.69, 9.17) is 36.2 Å². The van der Waals surface area contributed by atoms with E-state index in [0.717, 1.165) is 5.75 Å². The number of urea groups is 1. The molecule has 0 saturated carbocycles. The zero-order chi connectivity index (χ0) is 38.9. The molecule has 8 heterocycles. The highest BCUT2D eigenvalue weighted by atomic mass is 32.2. The predicted octanol–water partition coefficient (Wildman–Crippen LogP) is 1.05. The number of unbranched alkanes of at least 4 members (excludes halogenated alkanes) is 1. The van der Waals surface area contributed by atoms with Crippen molar-refractivity contribution in [3.8, 4) is 0 Å². The van der Waals surface area contributed by atoms with Crippen molar-refractivity contribution in [1.29, 1.82) is 5.53 Å². The zero-order valence-corrected chi connectivity index (χ0v) is 30.8. The van der Waals surface area contributed by atoms with Gasteiger partial charge in [-0.25, -0.2) is 20.3 Å². The number of esters is 1. The van der Waals surface area contributed by atoms with E-state index in [1.807, 2.05) is 6.08 Å². The molecule has 4 saturated heterocycles. The number of amides is 2. The second-order valence-corrected chi connectivity index (χ2v) is 15.3. The number of aromatic nitrogens is 8. The molecule has 4 aliphatic rings. The number of nitrogens with one attached hydrogen (secondary N) is 5. The van der Waals surface area contributed by atoms with Crippen LogP contribution in [0.25, 0.3) is 22.3 Å². The fourth-order valence-electron chi connectivity index (χ4n) is 7.54. The van der Waals surface area contributed by atoms with Crippen molar-refractivity contribution in [2.75, 3.05) is 23.8 Å². The van der Waals surface area contributed by atoms with E-state index in [0.29, 0.717) is 44.2 Å². The van der Waals surface area contributed by atoms with E-state index in [1.54, 1.807) is 27.1 Å². The van der Waals surface area contributed by atoms with Crippen LogP contribution >= 0.6 is 11.8 Å². The summed E-state index contributed by atoms with van der Waals surface area (Å²) in [5, 5.41) is 9.86. The van der Waals surface area contributed by atoms with Gasteiger partial charge in [-0.2, -0.15) is 15.1 Å². The smallest absolute Gasteiger partial charge is 0.315 e. The number of hydrogen-bond donors (Lipinski definition) is 7. The van der Waals surface area contributed by atoms with Crippen molar-refractivity contribution >= 4 is 64.2 Å². The number of carbonyl (C=O) groups excluding carboxylic acids is 2. The van der Waals surface area contributed by atoms with Crippen LogP contribution < -0.4 is 33.2 Å². The Labute approximate surface area is 321 Å². The van der Waals surface area contributed by atoms with Crippen LogP contribution in [0.2, 0.25) is 0 Å². The van der Waals surface area contributed by atoms with Crippen LogP contribution in [0.1, 0.15) is 57.4 Å². The van der Waals surface area contributed by atoms with Crippen molar-refractivity contribution in [1.82, 2.24) is 49.7 Å². The molecule has 2 amide bonds. The number of H-pyrrole nitrogens is 2. The van der Waals surface area contributed by atoms with Crippen LogP contribution in [-0.2, 0) is 19.0 Å². The minimum absolute atomic E-state index is 0.0230. The first-order chi connectivity index (χ1) is 27.1. The summed E-state index contributed by atoms with van der Waals surface area (Å²) in [4.78, 5) is 75.7. The van der Waals surface area contributed by atoms with E-state index >= 15 is 0 Å². The Balaban J connectivity index is 0.893. The molecule has 0 aliphatic carbocycles. The lowest BCUT2D eigenvalue weighted by molar-refractivity contribution is -0.148. The number of hydrogen-bond acceptors (Lipinski definition) is 17. The monoisotopic (exact) mass is 791 g/mol. The molecule has 9 N–H and O–H groups in total. The third-order valence-corrected chi connectivity index (χ3v) is 11.7. The predicted molar refractivity (Wildman–Crippen MR) is 202 cm³/mol. The number of nitrogens with zero attached hydrogens (tertiary/aromatic N) is 8. The molecule has 0 radical (unpaired) electrons. The summed E-state index contributed by atoms with van der Waals surface area (Å²) in [5.74, 6) is 0.380. The number of aliphatic imine (C=N–C) groups is 1. The number of allylic oxidation sites excluding steroid dienone is 1. The minimum atomic E-state index is -0.671. The number of anilines is 2. The van der Waals surface area contributed by atoms with Crippen LogP contribution in [0, 0.1) is 5.53 Å². The molecule has 0 aromatic carbocycles. The zero-order valence-electron chi connectivity index (χ0n) is 29.9. The summed E-state index contributed by atoms with van der Waals surface area (Å²) in [5.41, 5.74) is 19.4. The number of nitrogens with two attached hydrogens (primary N) is 2. The summed E-state index contributed by atoms with van der Waals surface area (Å²) in [6.07, 6.45) is 10.0. The molecule has 296 valence electrons. The lowest BCUT2D eigenvalue weighted by Crippen LogP contribution is -2.35. The first kappa shape index (κ1) is 37.3. The molecule has 4 aliphatic heterocycles. The Morgan fingerprint density at radius 3 is 2.46 bits per heavy atom. The van der Waals surface area contributed by atoms with E-state index < -0.39 is 41.8 Å². The van der Waals surface area contributed by atoms with Crippen molar-refractivity contribution in [2.45, 2.75) is 99.0 Å². The van der Waals surface area contributed by atoms with Crippen molar-refractivity contribution in [3.63, 3.8) is 0 Å². The van der Waals surface area contributed by atoms with E-state index in [9.17, 15) is 19.2 Å². The number of rotatable bonds is 14. The Bertz CT molecular complexity index is 2300. The third kappa shape index (κ3) is 7.73. The molecular formula is C33H41N15O7S. The van der Waals surface area contributed by atoms with Gasteiger partial charge in [0.15, 0.2) is 22.3 Å². The van der Waals surface area contributed by atoms with Crippen LogP contribution in [-0.4, -0.2) is 111 Å². The van der Waals surface area contributed by atoms with Gasteiger partial charge in [0.2, 0.25) is 11.9 Å². The molecule has 0 bridgehead atoms. The average Bonchev–Trinajstić information content (AvgIpc) is 4.02. The first-order valence-electron chi connectivity index (χ1n) is 18.3. The molecular weight excluding hydrogens is 751 g/mol. The number of ether oxygens (including phenoxy) is 3. The highest BCUT2D eigenvalue weighted by Gasteiger charge is 2.42. The number of nitrogen functional groups attached to an aromatic ring is 2. The van der Waals surface area contributed by atoms with Crippen molar-refractivity contribution in [2.24, 2.45) is 10.1 Å². The highest BCUT2D eigenvalue weighted by Crippen LogP contribution is 2.35. The maximum atomic E-state index is 12.8. The fourth-order valence-corrected chi connectivity index (χ4v) is 8.94. The Hall–Kier alpha value is -5.68. The van der Waals surface area contributed by atoms with Gasteiger partial charge in [-0.05, 0) is 25.7 Å². The van der Waals surface area contributed by atoms with Gasteiger partial charge in [-0.1, -0.05) is 12.2 Å². The fraction of sp³-hybridized carbons (Fsp3) is 0.545. The summed E-state index contributed by atoms with van der Waals surface area (Å²) in [6, 6.07) is -1.07. The number of thioether (sulfide) groups is 1. The Morgan fingerprint density at radius 2 is 1.75 bits per heavy atom. The van der Waals surface area contributed by atoms with Crippen molar-refractivity contribution in [3.05, 3.63) is 45.5 Å². The van der Waals surface area contributed by atoms with Crippen LogP contribution in [0.3, 0.4) is 0 Å². The average molecular weight is 792 g/mol. The van der Waals surface area contributed by atoms with Gasteiger partial charge in [0.1, 0.15) is 31.2 Å². The topological polar surface area (TPSA) is 314 Å². The Kier molecular flexibility index (Phi) is 10.5. The molecule has 22 nitrogen and oxygen atoms in total. The maximum Gasteiger partial charge on any atom is 0.315 e. The molecule has 4 aromatic heterocycles. The first-order valence-corrected chi connectivity index (χ1v) is 19.3. The second-order valence-electron chi connectivity index (χ2n) is 14.1. The van der Waals surface area contributed by atoms with Gasteiger partial charge in [-0.3, -0.25) is 38.5 Å². The lowest BCUT2D eigenvalue weighted by Gasteiger charge is -2.18. The largest absolute Gasteiger partial charge is 0.463 e. The van der Waals surface area contributed by atoms with E-state index in [1.165, 1.54) is 12.7 Å². The van der Waals surface area contributed by atoms with Crippen LogP contribution in [0.15, 0.2) is 44.5 Å². The van der Waals surface area contributed by atoms with Gasteiger partial charge in [-0.15, -0.1) is 11.8 Å². The Morgan fingerprint density at radius 1 is 1.04 bits per heavy atom. The second kappa shape index (κ2) is 15.8.